The molecule has 4 nitrogen and oxygen atoms in total. The van der Waals surface area contributed by atoms with E-state index in [1.807, 2.05) is 18.3 Å². The molecule has 0 amide bonds. The highest BCUT2D eigenvalue weighted by molar-refractivity contribution is 5.26. The molecule has 90 valence electrons. The Kier molecular flexibility index (Phi) is 4.30. The zero-order valence-electron chi connectivity index (χ0n) is 9.94. The molecule has 0 fully saturated rings. The van der Waals surface area contributed by atoms with Crippen LogP contribution in [0.1, 0.15) is 16.8 Å². The van der Waals surface area contributed by atoms with Gasteiger partial charge in [-0.15, -0.1) is 0 Å². The lowest BCUT2D eigenvalue weighted by atomic mass is 10.1. The largest absolute Gasteiger partial charge is 0.380 e. The average Bonchev–Trinajstić information content (AvgIpc) is 2.85. The second kappa shape index (κ2) is 6.18. The highest BCUT2D eigenvalue weighted by atomic mass is 16.5. The minimum Gasteiger partial charge on any atom is -0.380 e. The average molecular weight is 231 g/mol. The number of nitrogens with zero attached hydrogens (tertiary/aromatic N) is 1. The monoisotopic (exact) mass is 231 g/mol. The van der Waals surface area contributed by atoms with Crippen LogP contribution < -0.4 is 5.32 Å². The Bertz CT molecular complexity index is 440. The third-order valence-electron chi connectivity index (χ3n) is 2.60. The summed E-state index contributed by atoms with van der Waals surface area (Å²) in [5.41, 5.74) is 3.59. The number of hydrogen-bond donors (Lipinski definition) is 2. The van der Waals surface area contributed by atoms with Crippen molar-refractivity contribution in [3.05, 3.63) is 53.6 Å². The third-order valence-corrected chi connectivity index (χ3v) is 2.60. The molecule has 1 aromatic heterocycles. The van der Waals surface area contributed by atoms with Gasteiger partial charge in [-0.1, -0.05) is 24.3 Å². The second-order valence-electron chi connectivity index (χ2n) is 3.88. The molecule has 1 heterocycles. The summed E-state index contributed by atoms with van der Waals surface area (Å²) in [6.07, 6.45) is 3.52. The predicted molar refractivity (Wildman–Crippen MR) is 66.3 cm³/mol. The molecule has 0 aliphatic carbocycles. The third kappa shape index (κ3) is 3.41. The maximum Gasteiger partial charge on any atom is 0.0922 e. The molecule has 0 aliphatic heterocycles. The Morgan fingerprint density at radius 1 is 1.24 bits per heavy atom. The van der Waals surface area contributed by atoms with Crippen LogP contribution in [-0.4, -0.2) is 17.1 Å². The van der Waals surface area contributed by atoms with Crippen LogP contribution in [0.4, 0.5) is 0 Å². The van der Waals surface area contributed by atoms with E-state index in [9.17, 15) is 0 Å². The van der Waals surface area contributed by atoms with Crippen molar-refractivity contribution in [3.8, 4) is 0 Å². The molecule has 2 N–H and O–H groups in total. The summed E-state index contributed by atoms with van der Waals surface area (Å²) in [5.74, 6) is 0. The highest BCUT2D eigenvalue weighted by Gasteiger charge is 2.01. The summed E-state index contributed by atoms with van der Waals surface area (Å²) < 4.78 is 5.18. The van der Waals surface area contributed by atoms with Crippen LogP contribution in [0.15, 0.2) is 36.8 Å². The first-order valence-electron chi connectivity index (χ1n) is 5.64. The quantitative estimate of drug-likeness (QED) is 0.797. The fourth-order valence-electron chi connectivity index (χ4n) is 1.74. The number of benzene rings is 1. The maximum atomic E-state index is 5.18. The van der Waals surface area contributed by atoms with Crippen LogP contribution in [-0.2, 0) is 24.4 Å². The van der Waals surface area contributed by atoms with E-state index in [0.29, 0.717) is 6.61 Å². The molecule has 2 rings (SSSR count). The summed E-state index contributed by atoms with van der Waals surface area (Å²) >= 11 is 0. The van der Waals surface area contributed by atoms with E-state index in [1.54, 1.807) is 13.4 Å². The first-order valence-corrected chi connectivity index (χ1v) is 5.64. The van der Waals surface area contributed by atoms with Crippen molar-refractivity contribution in [1.29, 1.82) is 0 Å². The van der Waals surface area contributed by atoms with Gasteiger partial charge in [0, 0.05) is 32.1 Å². The first-order chi connectivity index (χ1) is 8.40. The van der Waals surface area contributed by atoms with Crippen molar-refractivity contribution in [2.45, 2.75) is 19.7 Å². The fourth-order valence-corrected chi connectivity index (χ4v) is 1.74. The van der Waals surface area contributed by atoms with E-state index in [2.05, 4.69) is 27.4 Å². The first kappa shape index (κ1) is 11.8. The van der Waals surface area contributed by atoms with Crippen LogP contribution in [0.5, 0.6) is 0 Å². The highest BCUT2D eigenvalue weighted by Crippen LogP contribution is 2.09. The normalized spacial score (nSPS) is 10.6. The zero-order valence-corrected chi connectivity index (χ0v) is 9.94. The molecule has 0 radical (unpaired) electrons. The Morgan fingerprint density at radius 2 is 2.06 bits per heavy atom. The van der Waals surface area contributed by atoms with Crippen molar-refractivity contribution in [2.24, 2.45) is 0 Å². The van der Waals surface area contributed by atoms with Crippen molar-refractivity contribution < 1.29 is 4.74 Å². The molecule has 4 heteroatoms. The molecule has 0 saturated carbocycles. The van der Waals surface area contributed by atoms with Gasteiger partial charge < -0.3 is 15.0 Å². The van der Waals surface area contributed by atoms with Crippen LogP contribution >= 0.6 is 0 Å². The number of ether oxygens (including phenoxy) is 1. The van der Waals surface area contributed by atoms with Gasteiger partial charge in [0.1, 0.15) is 0 Å². The number of methoxy groups -OCH3 is 1. The van der Waals surface area contributed by atoms with Crippen molar-refractivity contribution >= 4 is 0 Å². The topological polar surface area (TPSA) is 49.9 Å². The molecule has 0 spiro atoms. The molecular formula is C13H17N3O. The number of aromatic amines is 1. The number of hydrogen-bond acceptors (Lipinski definition) is 3. The molecule has 2 aromatic rings. The van der Waals surface area contributed by atoms with Gasteiger partial charge in [0.05, 0.1) is 12.9 Å². The molecule has 0 unspecified atom stereocenters. The van der Waals surface area contributed by atoms with Crippen molar-refractivity contribution in [1.82, 2.24) is 15.3 Å². The maximum absolute atomic E-state index is 5.18. The standard InChI is InChI=1S/C13H17N3O/c1-17-9-12-5-3-2-4-11(12)6-14-7-13-8-15-10-16-13/h2-5,8,10,14H,6-7,9H2,1H3,(H,15,16). The Hall–Kier alpha value is -1.65. The SMILES string of the molecule is COCc1ccccc1CNCc1cnc[nH]1. The van der Waals surface area contributed by atoms with Crippen LogP contribution in [0.3, 0.4) is 0 Å². The van der Waals surface area contributed by atoms with Gasteiger partial charge in [0.2, 0.25) is 0 Å². The number of imidazole rings is 1. The van der Waals surface area contributed by atoms with Gasteiger partial charge in [-0.3, -0.25) is 0 Å². The molecular weight excluding hydrogens is 214 g/mol. The van der Waals surface area contributed by atoms with Gasteiger partial charge in [-0.2, -0.15) is 0 Å². The fraction of sp³-hybridized carbons (Fsp3) is 0.308. The summed E-state index contributed by atoms with van der Waals surface area (Å²) in [6.45, 7) is 2.28. The van der Waals surface area contributed by atoms with Crippen LogP contribution in [0.25, 0.3) is 0 Å². The number of nitrogens with one attached hydrogen (secondary N) is 2. The predicted octanol–water partition coefficient (Wildman–Crippen LogP) is 1.85. The zero-order chi connectivity index (χ0) is 11.9. The van der Waals surface area contributed by atoms with Crippen LogP contribution in [0, 0.1) is 0 Å². The van der Waals surface area contributed by atoms with Gasteiger partial charge in [-0.05, 0) is 11.1 Å². The van der Waals surface area contributed by atoms with Crippen molar-refractivity contribution in [2.75, 3.05) is 7.11 Å². The number of aromatic nitrogens is 2. The number of H-pyrrole nitrogens is 1. The molecule has 0 saturated heterocycles. The molecule has 0 aliphatic rings. The molecule has 0 atom stereocenters. The number of rotatable bonds is 6. The smallest absolute Gasteiger partial charge is 0.0922 e. The van der Waals surface area contributed by atoms with Gasteiger partial charge in [0.15, 0.2) is 0 Å². The van der Waals surface area contributed by atoms with E-state index in [1.165, 1.54) is 11.1 Å². The minimum absolute atomic E-state index is 0.655. The minimum atomic E-state index is 0.655. The Balaban J connectivity index is 1.89. The van der Waals surface area contributed by atoms with E-state index < -0.39 is 0 Å². The van der Waals surface area contributed by atoms with Gasteiger partial charge in [0.25, 0.3) is 0 Å². The van der Waals surface area contributed by atoms with Gasteiger partial charge in [-0.25, -0.2) is 4.98 Å². The Morgan fingerprint density at radius 3 is 2.76 bits per heavy atom. The summed E-state index contributed by atoms with van der Waals surface area (Å²) in [5, 5.41) is 3.38. The lowest BCUT2D eigenvalue weighted by Crippen LogP contribution is -2.14. The lowest BCUT2D eigenvalue weighted by molar-refractivity contribution is 0.184. The molecule has 1 aromatic carbocycles. The van der Waals surface area contributed by atoms with Gasteiger partial charge >= 0.3 is 0 Å². The second-order valence-corrected chi connectivity index (χ2v) is 3.88. The van der Waals surface area contributed by atoms with E-state index in [0.717, 1.165) is 18.8 Å². The Labute approximate surface area is 101 Å². The summed E-state index contributed by atoms with van der Waals surface area (Å²) in [4.78, 5) is 7.04. The lowest BCUT2D eigenvalue weighted by Gasteiger charge is -2.09. The van der Waals surface area contributed by atoms with E-state index in [-0.39, 0.29) is 0 Å². The molecule has 0 bridgehead atoms. The summed E-state index contributed by atoms with van der Waals surface area (Å²) in [7, 11) is 1.72. The molecule has 17 heavy (non-hydrogen) atoms. The van der Waals surface area contributed by atoms with Crippen LogP contribution in [0.2, 0.25) is 0 Å². The summed E-state index contributed by atoms with van der Waals surface area (Å²) in [6, 6.07) is 8.30. The van der Waals surface area contributed by atoms with Crippen molar-refractivity contribution in [3.63, 3.8) is 0 Å². The van der Waals surface area contributed by atoms with E-state index in [4.69, 9.17) is 4.74 Å². The van der Waals surface area contributed by atoms with E-state index >= 15 is 0 Å².